The molecule has 170 valence electrons. The third-order valence-corrected chi connectivity index (χ3v) is 5.68. The Balaban J connectivity index is 1.65. The van der Waals surface area contributed by atoms with Crippen LogP contribution in [0.4, 0.5) is 8.78 Å². The van der Waals surface area contributed by atoms with Gasteiger partial charge in [-0.3, -0.25) is 4.79 Å². The molecular formula is C22H26F2N6O2. The smallest absolute Gasteiger partial charge is 0.280 e. The van der Waals surface area contributed by atoms with E-state index in [2.05, 4.69) is 27.0 Å². The minimum absolute atomic E-state index is 0.0618. The lowest BCUT2D eigenvalue weighted by Crippen LogP contribution is -2.42. The van der Waals surface area contributed by atoms with E-state index in [0.29, 0.717) is 35.9 Å². The van der Waals surface area contributed by atoms with Crippen LogP contribution in [0.3, 0.4) is 0 Å². The highest BCUT2D eigenvalue weighted by Crippen LogP contribution is 2.34. The Kier molecular flexibility index (Phi) is 6.03. The van der Waals surface area contributed by atoms with Crippen LogP contribution in [-0.2, 0) is 0 Å². The molecule has 0 spiro atoms. The number of hydrogen-bond acceptors (Lipinski definition) is 6. The normalized spacial score (nSPS) is 19.2. The first-order chi connectivity index (χ1) is 15.2. The number of halogens is 2. The Morgan fingerprint density at radius 2 is 2.00 bits per heavy atom. The fourth-order valence-corrected chi connectivity index (χ4v) is 4.11. The Morgan fingerprint density at radius 1 is 1.22 bits per heavy atom. The van der Waals surface area contributed by atoms with E-state index in [-0.39, 0.29) is 35.3 Å². The molecule has 1 saturated heterocycles. The zero-order valence-corrected chi connectivity index (χ0v) is 18.5. The average Bonchev–Trinajstić information content (AvgIpc) is 3.21. The van der Waals surface area contributed by atoms with Crippen LogP contribution in [0.5, 0.6) is 5.88 Å². The summed E-state index contributed by atoms with van der Waals surface area (Å²) in [5, 5.41) is 4.18. The predicted molar refractivity (Wildman–Crippen MR) is 113 cm³/mol. The number of aryl methyl sites for hydroxylation is 1. The maximum Gasteiger partial charge on any atom is 0.280 e. The Bertz CT molecular complexity index is 1130. The second-order valence-electron chi connectivity index (χ2n) is 8.50. The summed E-state index contributed by atoms with van der Waals surface area (Å²) in [4.78, 5) is 27.3. The number of aromatic nitrogens is 5. The molecule has 0 unspecified atom stereocenters. The van der Waals surface area contributed by atoms with Gasteiger partial charge in [-0.2, -0.15) is 10.1 Å². The molecule has 0 N–H and O–H groups in total. The van der Waals surface area contributed by atoms with E-state index >= 15 is 0 Å². The summed E-state index contributed by atoms with van der Waals surface area (Å²) in [5.41, 5.74) is 1.43. The number of hydrogen-bond donors (Lipinski definition) is 0. The highest BCUT2D eigenvalue weighted by molar-refractivity contribution is 5.94. The van der Waals surface area contributed by atoms with E-state index in [1.165, 1.54) is 16.9 Å². The van der Waals surface area contributed by atoms with E-state index in [0.717, 1.165) is 6.42 Å². The predicted octanol–water partition coefficient (Wildman–Crippen LogP) is 3.82. The lowest BCUT2D eigenvalue weighted by Gasteiger charge is -2.37. The Morgan fingerprint density at radius 3 is 2.72 bits per heavy atom. The summed E-state index contributed by atoms with van der Waals surface area (Å²) in [6.07, 6.45) is -0.745. The number of pyridine rings is 1. The van der Waals surface area contributed by atoms with Crippen molar-refractivity contribution < 1.29 is 18.3 Å². The third-order valence-electron chi connectivity index (χ3n) is 5.68. The van der Waals surface area contributed by atoms with Gasteiger partial charge in [-0.1, -0.05) is 6.92 Å². The van der Waals surface area contributed by atoms with Gasteiger partial charge in [-0.05, 0) is 45.2 Å². The third kappa shape index (κ3) is 4.39. The molecule has 0 bridgehead atoms. The minimum atomic E-state index is -2.72. The second-order valence-corrected chi connectivity index (χ2v) is 8.50. The number of likely N-dealkylation sites (tertiary alicyclic amines) is 1. The van der Waals surface area contributed by atoms with Gasteiger partial charge in [0.05, 0.1) is 11.8 Å². The number of alkyl halides is 2. The second kappa shape index (κ2) is 8.76. The van der Waals surface area contributed by atoms with Crippen LogP contribution in [0.25, 0.3) is 5.78 Å². The molecule has 10 heteroatoms. The molecule has 3 aromatic heterocycles. The molecule has 0 saturated carbocycles. The highest BCUT2D eigenvalue weighted by Gasteiger charge is 2.33. The first kappa shape index (κ1) is 22.0. The summed E-state index contributed by atoms with van der Waals surface area (Å²) >= 11 is 0. The van der Waals surface area contributed by atoms with Gasteiger partial charge in [-0.25, -0.2) is 23.3 Å². The van der Waals surface area contributed by atoms with Gasteiger partial charge in [0.1, 0.15) is 12.0 Å². The molecule has 1 aliphatic rings. The molecule has 0 aromatic carbocycles. The molecule has 0 radical (unpaired) electrons. The van der Waals surface area contributed by atoms with Crippen LogP contribution in [0.15, 0.2) is 24.5 Å². The van der Waals surface area contributed by atoms with Crippen molar-refractivity contribution in [2.24, 2.45) is 5.92 Å². The fraction of sp³-hybridized carbons (Fsp3) is 0.500. The summed E-state index contributed by atoms with van der Waals surface area (Å²) in [7, 11) is 0. The number of fused-ring (bicyclic) bond motifs is 1. The van der Waals surface area contributed by atoms with Crippen molar-refractivity contribution in [2.75, 3.05) is 13.1 Å². The molecule has 3 aromatic rings. The fourth-order valence-electron chi connectivity index (χ4n) is 4.11. The number of piperidine rings is 1. The molecule has 2 atom stereocenters. The number of ether oxygens (including phenoxy) is 1. The van der Waals surface area contributed by atoms with Gasteiger partial charge in [0.15, 0.2) is 0 Å². The van der Waals surface area contributed by atoms with Crippen LogP contribution in [-0.4, -0.2) is 54.6 Å². The Labute approximate surface area is 184 Å². The molecule has 1 amide bonds. The van der Waals surface area contributed by atoms with Crippen LogP contribution >= 0.6 is 0 Å². The highest BCUT2D eigenvalue weighted by atomic mass is 19.3. The lowest BCUT2D eigenvalue weighted by atomic mass is 9.84. The summed E-state index contributed by atoms with van der Waals surface area (Å²) in [6.45, 7) is 8.62. The van der Waals surface area contributed by atoms with Crippen molar-refractivity contribution >= 4 is 11.7 Å². The van der Waals surface area contributed by atoms with Crippen molar-refractivity contribution in [3.05, 3.63) is 47.2 Å². The molecule has 0 aliphatic carbocycles. The lowest BCUT2D eigenvalue weighted by molar-refractivity contribution is 0.0664. The molecule has 4 rings (SSSR count). The van der Waals surface area contributed by atoms with E-state index in [4.69, 9.17) is 4.74 Å². The van der Waals surface area contributed by atoms with Crippen LogP contribution in [0.2, 0.25) is 0 Å². The molecule has 4 heterocycles. The van der Waals surface area contributed by atoms with Crippen molar-refractivity contribution in [2.45, 2.75) is 52.6 Å². The van der Waals surface area contributed by atoms with E-state index in [9.17, 15) is 13.6 Å². The first-order valence-corrected chi connectivity index (χ1v) is 10.7. The number of rotatable bonds is 5. The van der Waals surface area contributed by atoms with Crippen molar-refractivity contribution in [3.63, 3.8) is 0 Å². The van der Waals surface area contributed by atoms with Crippen molar-refractivity contribution in [1.29, 1.82) is 0 Å². The van der Waals surface area contributed by atoms with Gasteiger partial charge >= 0.3 is 0 Å². The number of carbonyl (C=O) groups excluding carboxylic acids is 1. The quantitative estimate of drug-likeness (QED) is 0.595. The van der Waals surface area contributed by atoms with Gasteiger partial charge in [0.25, 0.3) is 18.1 Å². The molecule has 1 aliphatic heterocycles. The van der Waals surface area contributed by atoms with Gasteiger partial charge in [-0.15, -0.1) is 0 Å². The number of carbonyl (C=O) groups is 1. The van der Waals surface area contributed by atoms with E-state index in [1.54, 1.807) is 17.0 Å². The maximum atomic E-state index is 13.4. The van der Waals surface area contributed by atoms with Crippen LogP contribution in [0.1, 0.15) is 67.0 Å². The zero-order valence-electron chi connectivity index (χ0n) is 18.5. The summed E-state index contributed by atoms with van der Waals surface area (Å²) in [6, 6.07) is 4.77. The standard InChI is InChI=1S/C22H26F2N6O2/c1-12(2)32-19-8-15(7-14(4)27-19)21(31)29-6-5-13(3)16(10-29)18-9-17(20(23)24)28-22-25-11-26-30(18)22/h7-9,11-13,16,20H,5-6,10H2,1-4H3/t13-,16-/m1/s1. The number of amides is 1. The van der Waals surface area contributed by atoms with Crippen LogP contribution in [0, 0.1) is 12.8 Å². The monoisotopic (exact) mass is 444 g/mol. The molecular weight excluding hydrogens is 418 g/mol. The van der Waals surface area contributed by atoms with E-state index < -0.39 is 6.43 Å². The topological polar surface area (TPSA) is 85.5 Å². The molecule has 1 fully saturated rings. The summed E-state index contributed by atoms with van der Waals surface area (Å²) < 4.78 is 34.0. The van der Waals surface area contributed by atoms with Crippen LogP contribution < -0.4 is 4.74 Å². The van der Waals surface area contributed by atoms with E-state index in [1.807, 2.05) is 20.8 Å². The van der Waals surface area contributed by atoms with Crippen molar-refractivity contribution in [1.82, 2.24) is 29.5 Å². The first-order valence-electron chi connectivity index (χ1n) is 10.7. The largest absolute Gasteiger partial charge is 0.475 e. The SMILES string of the molecule is Cc1cc(C(=O)N2CC[C@@H](C)[C@H](c3cc(C(F)F)nc4ncnn34)C2)cc(OC(C)C)n1. The zero-order chi connectivity index (χ0) is 23.0. The van der Waals surface area contributed by atoms with Gasteiger partial charge in [0.2, 0.25) is 5.88 Å². The van der Waals surface area contributed by atoms with Gasteiger partial charge in [0, 0.05) is 36.3 Å². The molecule has 32 heavy (non-hydrogen) atoms. The minimum Gasteiger partial charge on any atom is -0.475 e. The number of nitrogens with zero attached hydrogens (tertiary/aromatic N) is 6. The Hall–Kier alpha value is -3.17. The maximum absolute atomic E-state index is 13.4. The van der Waals surface area contributed by atoms with Crippen molar-refractivity contribution in [3.8, 4) is 5.88 Å². The average molecular weight is 444 g/mol. The molecule has 8 nitrogen and oxygen atoms in total. The van der Waals surface area contributed by atoms with Gasteiger partial charge < -0.3 is 9.64 Å². The summed E-state index contributed by atoms with van der Waals surface area (Å²) in [5.74, 6) is 0.378.